The molecule has 0 radical (unpaired) electrons. The van der Waals surface area contributed by atoms with E-state index < -0.39 is 12.8 Å². The summed E-state index contributed by atoms with van der Waals surface area (Å²) in [5, 5.41) is 7.45. The van der Waals surface area contributed by atoms with Crippen molar-refractivity contribution in [2.75, 3.05) is 36.5 Å². The van der Waals surface area contributed by atoms with Gasteiger partial charge in [-0.25, -0.2) is 9.97 Å². The Morgan fingerprint density at radius 2 is 1.97 bits per heavy atom. The number of nitrogens with zero attached hydrogens (tertiary/aromatic N) is 6. The third kappa shape index (κ3) is 4.73. The van der Waals surface area contributed by atoms with Crippen molar-refractivity contribution < 1.29 is 17.9 Å². The van der Waals surface area contributed by atoms with E-state index in [0.29, 0.717) is 28.6 Å². The lowest BCUT2D eigenvalue weighted by molar-refractivity contribution is -0.174. The van der Waals surface area contributed by atoms with Crippen LogP contribution in [-0.4, -0.2) is 57.2 Å². The number of fused-ring (bicyclic) bond motifs is 1. The first-order chi connectivity index (χ1) is 14.0. The Hall–Kier alpha value is -2.95. The molecule has 29 heavy (non-hydrogen) atoms. The fourth-order valence-corrected chi connectivity index (χ4v) is 3.20. The van der Waals surface area contributed by atoms with E-state index >= 15 is 0 Å². The molecule has 4 rings (SSSR count). The van der Waals surface area contributed by atoms with Crippen LogP contribution in [0.2, 0.25) is 0 Å². The van der Waals surface area contributed by atoms with Crippen LogP contribution in [0.5, 0.6) is 0 Å². The lowest BCUT2D eigenvalue weighted by atomic mass is 10.4. The molecule has 3 aromatic heterocycles. The lowest BCUT2D eigenvalue weighted by Gasteiger charge is -2.17. The number of anilines is 3. The second kappa shape index (κ2) is 8.19. The summed E-state index contributed by atoms with van der Waals surface area (Å²) in [4.78, 5) is 15.6. The summed E-state index contributed by atoms with van der Waals surface area (Å²) >= 11 is 0. The van der Waals surface area contributed by atoms with Gasteiger partial charge in [-0.3, -0.25) is 4.68 Å². The number of alkyl halides is 3. The van der Waals surface area contributed by atoms with Crippen LogP contribution in [0.3, 0.4) is 0 Å². The molecular formula is C18H20F3N7O. The number of halogens is 3. The molecule has 11 heteroatoms. The molecule has 0 saturated carbocycles. The van der Waals surface area contributed by atoms with Crippen LogP contribution in [0, 0.1) is 0 Å². The van der Waals surface area contributed by atoms with Crippen LogP contribution < -0.4 is 10.2 Å². The topological polar surface area (TPSA) is 81.0 Å². The SMILES string of the molecule is FC(F)(F)COCCn1ncc2nc(N3CCCC3)nc(Nc3ccccn3)c21. The fourth-order valence-electron chi connectivity index (χ4n) is 3.20. The van der Waals surface area contributed by atoms with Gasteiger partial charge in [0.05, 0.1) is 19.3 Å². The Bertz CT molecular complexity index is 955. The molecule has 0 atom stereocenters. The molecule has 1 N–H and O–H groups in total. The second-order valence-electron chi connectivity index (χ2n) is 6.68. The number of aromatic nitrogens is 5. The lowest BCUT2D eigenvalue weighted by Crippen LogP contribution is -2.21. The molecule has 4 heterocycles. The summed E-state index contributed by atoms with van der Waals surface area (Å²) in [5.41, 5.74) is 1.20. The molecule has 1 saturated heterocycles. The maximum atomic E-state index is 12.3. The van der Waals surface area contributed by atoms with E-state index in [2.05, 4.69) is 30.3 Å². The smallest absolute Gasteiger partial charge is 0.370 e. The molecule has 154 valence electrons. The van der Waals surface area contributed by atoms with E-state index in [0.717, 1.165) is 25.9 Å². The first-order valence-electron chi connectivity index (χ1n) is 9.31. The summed E-state index contributed by atoms with van der Waals surface area (Å²) in [6.45, 7) is 0.485. The Morgan fingerprint density at radius 3 is 2.69 bits per heavy atom. The number of hydrogen-bond acceptors (Lipinski definition) is 7. The van der Waals surface area contributed by atoms with Crippen molar-refractivity contribution in [2.45, 2.75) is 25.6 Å². The predicted octanol–water partition coefficient (Wildman–Crippen LogP) is 3.14. The summed E-state index contributed by atoms with van der Waals surface area (Å²) in [7, 11) is 0. The van der Waals surface area contributed by atoms with Gasteiger partial charge in [-0.1, -0.05) is 6.07 Å². The molecule has 8 nitrogen and oxygen atoms in total. The fraction of sp³-hybridized carbons (Fsp3) is 0.444. The quantitative estimate of drug-likeness (QED) is 0.603. The van der Waals surface area contributed by atoms with Crippen molar-refractivity contribution in [3.05, 3.63) is 30.6 Å². The standard InChI is InChI=1S/C18H20F3N7O/c19-18(20,21)12-29-10-9-28-15-13(11-23-28)24-17(27-7-3-4-8-27)26-16(15)25-14-5-1-2-6-22-14/h1-2,5-6,11H,3-4,7-10,12H2,(H,22,24,25,26). The Morgan fingerprint density at radius 1 is 1.14 bits per heavy atom. The highest BCUT2D eigenvalue weighted by atomic mass is 19.4. The number of ether oxygens (including phenoxy) is 1. The number of rotatable bonds is 7. The highest BCUT2D eigenvalue weighted by Gasteiger charge is 2.27. The molecular weight excluding hydrogens is 387 g/mol. The summed E-state index contributed by atoms with van der Waals surface area (Å²) < 4.78 is 43.1. The van der Waals surface area contributed by atoms with Crippen molar-refractivity contribution in [2.24, 2.45) is 0 Å². The van der Waals surface area contributed by atoms with Crippen LogP contribution in [0.25, 0.3) is 11.0 Å². The third-order valence-corrected chi connectivity index (χ3v) is 4.49. The Balaban J connectivity index is 1.63. The highest BCUT2D eigenvalue weighted by molar-refractivity contribution is 5.88. The number of hydrogen-bond donors (Lipinski definition) is 1. The van der Waals surface area contributed by atoms with Gasteiger partial charge >= 0.3 is 6.18 Å². The molecule has 0 amide bonds. The first-order valence-corrected chi connectivity index (χ1v) is 9.31. The van der Waals surface area contributed by atoms with Crippen LogP contribution in [0.1, 0.15) is 12.8 Å². The predicted molar refractivity (Wildman–Crippen MR) is 101 cm³/mol. The van der Waals surface area contributed by atoms with E-state index in [4.69, 9.17) is 4.74 Å². The minimum absolute atomic E-state index is 0.132. The Kier molecular flexibility index (Phi) is 5.47. The van der Waals surface area contributed by atoms with Gasteiger partial charge in [0.1, 0.15) is 23.5 Å². The van der Waals surface area contributed by atoms with Gasteiger partial charge in [-0.2, -0.15) is 23.3 Å². The molecule has 0 spiro atoms. The molecule has 0 aliphatic carbocycles. The summed E-state index contributed by atoms with van der Waals surface area (Å²) in [6, 6.07) is 5.45. The average Bonchev–Trinajstić information content (AvgIpc) is 3.35. The average molecular weight is 407 g/mol. The molecule has 0 bridgehead atoms. The first kappa shape index (κ1) is 19.4. The van der Waals surface area contributed by atoms with Crippen LogP contribution in [-0.2, 0) is 11.3 Å². The number of nitrogens with one attached hydrogen (secondary N) is 1. The van der Waals surface area contributed by atoms with Gasteiger partial charge in [-0.05, 0) is 25.0 Å². The van der Waals surface area contributed by atoms with Crippen molar-refractivity contribution in [1.29, 1.82) is 0 Å². The highest BCUT2D eigenvalue weighted by Crippen LogP contribution is 2.27. The molecule has 0 unspecified atom stereocenters. The molecule has 1 aliphatic rings. The monoisotopic (exact) mass is 407 g/mol. The second-order valence-corrected chi connectivity index (χ2v) is 6.68. The van der Waals surface area contributed by atoms with Crippen LogP contribution in [0.4, 0.5) is 30.8 Å². The van der Waals surface area contributed by atoms with Crippen molar-refractivity contribution >= 4 is 28.6 Å². The normalized spacial score (nSPS) is 14.7. The zero-order valence-electron chi connectivity index (χ0n) is 15.6. The maximum Gasteiger partial charge on any atom is 0.411 e. The minimum atomic E-state index is -4.36. The van der Waals surface area contributed by atoms with E-state index in [9.17, 15) is 13.2 Å². The molecule has 0 aromatic carbocycles. The zero-order chi connectivity index (χ0) is 20.3. The van der Waals surface area contributed by atoms with Crippen molar-refractivity contribution in [3.8, 4) is 0 Å². The number of pyridine rings is 1. The molecule has 1 fully saturated rings. The van der Waals surface area contributed by atoms with E-state index in [-0.39, 0.29) is 13.2 Å². The van der Waals surface area contributed by atoms with E-state index in [1.54, 1.807) is 29.2 Å². The van der Waals surface area contributed by atoms with Crippen LogP contribution >= 0.6 is 0 Å². The molecule has 1 aliphatic heterocycles. The van der Waals surface area contributed by atoms with Gasteiger partial charge in [0, 0.05) is 19.3 Å². The van der Waals surface area contributed by atoms with Gasteiger partial charge in [0.2, 0.25) is 5.95 Å². The van der Waals surface area contributed by atoms with Gasteiger partial charge in [0.25, 0.3) is 0 Å². The Labute approximate surface area is 164 Å². The maximum absolute atomic E-state index is 12.3. The van der Waals surface area contributed by atoms with Crippen LogP contribution in [0.15, 0.2) is 30.6 Å². The van der Waals surface area contributed by atoms with Crippen molar-refractivity contribution in [3.63, 3.8) is 0 Å². The van der Waals surface area contributed by atoms with Gasteiger partial charge in [0.15, 0.2) is 5.82 Å². The van der Waals surface area contributed by atoms with E-state index in [1.807, 2.05) is 6.07 Å². The third-order valence-electron chi connectivity index (χ3n) is 4.49. The minimum Gasteiger partial charge on any atom is -0.370 e. The van der Waals surface area contributed by atoms with Gasteiger partial charge in [-0.15, -0.1) is 0 Å². The van der Waals surface area contributed by atoms with Crippen molar-refractivity contribution in [1.82, 2.24) is 24.7 Å². The largest absolute Gasteiger partial charge is 0.411 e. The molecule has 3 aromatic rings. The zero-order valence-corrected chi connectivity index (χ0v) is 15.6. The summed E-state index contributed by atoms with van der Waals surface area (Å²) in [5.74, 6) is 1.70. The van der Waals surface area contributed by atoms with E-state index in [1.165, 1.54) is 0 Å². The van der Waals surface area contributed by atoms with Gasteiger partial charge < -0.3 is 15.0 Å². The summed E-state index contributed by atoms with van der Waals surface area (Å²) in [6.07, 6.45) is 1.06.